The molecule has 0 aliphatic heterocycles. The fourth-order valence-corrected chi connectivity index (χ4v) is 1.43. The van der Waals surface area contributed by atoms with Gasteiger partial charge in [0.1, 0.15) is 11.4 Å². The van der Waals surface area contributed by atoms with Crippen molar-refractivity contribution in [1.82, 2.24) is 9.97 Å². The van der Waals surface area contributed by atoms with Gasteiger partial charge in [0, 0.05) is 11.6 Å². The Morgan fingerprint density at radius 2 is 2.05 bits per heavy atom. The second kappa shape index (κ2) is 6.22. The number of amides is 1. The van der Waals surface area contributed by atoms with E-state index in [0.717, 1.165) is 10.9 Å². The summed E-state index contributed by atoms with van der Waals surface area (Å²) in [7, 11) is 0. The molecule has 0 unspecified atom stereocenters. The minimum atomic E-state index is -0.512. The van der Waals surface area contributed by atoms with E-state index in [2.05, 4.69) is 15.3 Å². The summed E-state index contributed by atoms with van der Waals surface area (Å²) in [6, 6.07) is 3.70. The van der Waals surface area contributed by atoms with Crippen molar-refractivity contribution in [2.75, 3.05) is 5.32 Å². The fourth-order valence-electron chi connectivity index (χ4n) is 1.43. The first-order valence-electron chi connectivity index (χ1n) is 6.37. The Bertz CT molecular complexity index is 541. The van der Waals surface area contributed by atoms with Crippen LogP contribution < -0.4 is 5.32 Å². The highest BCUT2D eigenvalue weighted by Crippen LogP contribution is 2.15. The molecule has 0 spiro atoms. The van der Waals surface area contributed by atoms with Crippen LogP contribution in [0.4, 0.5) is 10.6 Å². The van der Waals surface area contributed by atoms with Crippen molar-refractivity contribution in [2.45, 2.75) is 40.2 Å². The van der Waals surface area contributed by atoms with Crippen LogP contribution in [0.3, 0.4) is 0 Å². The van der Waals surface area contributed by atoms with Crippen molar-refractivity contribution in [3.05, 3.63) is 24.5 Å². The molecule has 0 aliphatic rings. The smallest absolute Gasteiger partial charge is 0.413 e. The zero-order valence-corrected chi connectivity index (χ0v) is 12.1. The predicted octanol–water partition coefficient (Wildman–Crippen LogP) is 3.94. The first-order valence-corrected chi connectivity index (χ1v) is 6.37. The highest BCUT2D eigenvalue weighted by Gasteiger charge is 2.16. The molecule has 0 atom stereocenters. The van der Waals surface area contributed by atoms with Crippen LogP contribution in [0.1, 0.15) is 34.6 Å². The minimum absolute atomic E-state index is 0.478. The average molecular weight is 263 g/mol. The van der Waals surface area contributed by atoms with Gasteiger partial charge in [0.2, 0.25) is 0 Å². The summed E-state index contributed by atoms with van der Waals surface area (Å²) in [5.74, 6) is 0.478. The van der Waals surface area contributed by atoms with E-state index in [0.29, 0.717) is 5.82 Å². The van der Waals surface area contributed by atoms with E-state index in [1.54, 1.807) is 12.3 Å². The average Bonchev–Trinajstić information content (AvgIpc) is 2.76. The third kappa shape index (κ3) is 4.62. The van der Waals surface area contributed by atoms with Gasteiger partial charge in [-0.15, -0.1) is 0 Å². The standard InChI is InChI=1S/C12H15N3O2.C2H6/c1-12(2,3)17-11(16)15-10-6-8-4-5-13-9(8)7-14-10;1-2/h4-7,13H,1-3H3,(H,14,15,16);1-2H3. The number of aromatic amines is 1. The number of nitrogens with zero attached hydrogens (tertiary/aromatic N) is 1. The highest BCUT2D eigenvalue weighted by molar-refractivity contribution is 5.88. The maximum Gasteiger partial charge on any atom is 0.413 e. The molecule has 0 aromatic carbocycles. The van der Waals surface area contributed by atoms with Crippen LogP contribution in [0.15, 0.2) is 24.5 Å². The number of ether oxygens (including phenoxy) is 1. The summed E-state index contributed by atoms with van der Waals surface area (Å²) in [5.41, 5.74) is 0.419. The number of H-pyrrole nitrogens is 1. The summed E-state index contributed by atoms with van der Waals surface area (Å²) >= 11 is 0. The van der Waals surface area contributed by atoms with Crippen molar-refractivity contribution < 1.29 is 9.53 Å². The highest BCUT2D eigenvalue weighted by atomic mass is 16.6. The lowest BCUT2D eigenvalue weighted by Gasteiger charge is -2.19. The van der Waals surface area contributed by atoms with Crippen molar-refractivity contribution in [3.8, 4) is 0 Å². The minimum Gasteiger partial charge on any atom is -0.444 e. The van der Waals surface area contributed by atoms with E-state index in [9.17, 15) is 4.79 Å². The van der Waals surface area contributed by atoms with Gasteiger partial charge in [0.05, 0.1) is 11.7 Å². The normalized spacial score (nSPS) is 10.6. The van der Waals surface area contributed by atoms with Gasteiger partial charge in [-0.3, -0.25) is 5.32 Å². The molecule has 2 aromatic rings. The van der Waals surface area contributed by atoms with E-state index >= 15 is 0 Å². The van der Waals surface area contributed by atoms with Gasteiger partial charge in [-0.05, 0) is 32.9 Å². The van der Waals surface area contributed by atoms with E-state index in [1.807, 2.05) is 46.9 Å². The zero-order chi connectivity index (χ0) is 14.5. The molecule has 5 heteroatoms. The number of carbonyl (C=O) groups excluding carboxylic acids is 1. The maximum absolute atomic E-state index is 11.5. The van der Waals surface area contributed by atoms with Crippen molar-refractivity contribution in [2.24, 2.45) is 0 Å². The molecule has 104 valence electrons. The Morgan fingerprint density at radius 3 is 2.68 bits per heavy atom. The molecule has 2 heterocycles. The molecule has 2 aromatic heterocycles. The first-order chi connectivity index (χ1) is 8.94. The van der Waals surface area contributed by atoms with E-state index < -0.39 is 11.7 Å². The number of hydrogen-bond acceptors (Lipinski definition) is 3. The van der Waals surface area contributed by atoms with Crippen LogP contribution in [0, 0.1) is 0 Å². The van der Waals surface area contributed by atoms with Crippen molar-refractivity contribution in [1.29, 1.82) is 0 Å². The van der Waals surface area contributed by atoms with Crippen LogP contribution in [0.25, 0.3) is 10.9 Å². The monoisotopic (exact) mass is 263 g/mol. The molecule has 0 aliphatic carbocycles. The lowest BCUT2D eigenvalue weighted by Crippen LogP contribution is -2.27. The largest absolute Gasteiger partial charge is 0.444 e. The molecule has 2 N–H and O–H groups in total. The molecule has 0 radical (unpaired) electrons. The molecular formula is C14H21N3O2. The zero-order valence-electron chi connectivity index (χ0n) is 12.1. The van der Waals surface area contributed by atoms with Crippen LogP contribution in [0.5, 0.6) is 0 Å². The molecular weight excluding hydrogens is 242 g/mol. The molecule has 1 amide bonds. The van der Waals surface area contributed by atoms with Gasteiger partial charge in [-0.25, -0.2) is 9.78 Å². The second-order valence-electron chi connectivity index (χ2n) is 4.76. The van der Waals surface area contributed by atoms with E-state index in [4.69, 9.17) is 4.74 Å². The van der Waals surface area contributed by atoms with Gasteiger partial charge in [-0.1, -0.05) is 13.8 Å². The van der Waals surface area contributed by atoms with Crippen molar-refractivity contribution >= 4 is 22.8 Å². The fraction of sp³-hybridized carbons (Fsp3) is 0.429. The summed E-state index contributed by atoms with van der Waals surface area (Å²) in [6.45, 7) is 9.44. The van der Waals surface area contributed by atoms with Gasteiger partial charge in [-0.2, -0.15) is 0 Å². The number of carbonyl (C=O) groups is 1. The number of aromatic nitrogens is 2. The van der Waals surface area contributed by atoms with Gasteiger partial charge in [0.25, 0.3) is 0 Å². The SMILES string of the molecule is CC.CC(C)(C)OC(=O)Nc1cc2cc[nH]c2cn1. The number of rotatable bonds is 1. The summed E-state index contributed by atoms with van der Waals surface area (Å²) in [5, 5.41) is 3.59. The Balaban J connectivity index is 0.000000861. The van der Waals surface area contributed by atoms with Gasteiger partial charge >= 0.3 is 6.09 Å². The van der Waals surface area contributed by atoms with Crippen LogP contribution in [-0.4, -0.2) is 21.7 Å². The summed E-state index contributed by atoms with van der Waals surface area (Å²) in [4.78, 5) is 18.7. The number of fused-ring (bicyclic) bond motifs is 1. The Morgan fingerprint density at radius 1 is 1.37 bits per heavy atom. The summed E-state index contributed by atoms with van der Waals surface area (Å²) in [6.07, 6.45) is 2.99. The third-order valence-electron chi connectivity index (χ3n) is 2.07. The molecule has 0 fully saturated rings. The topological polar surface area (TPSA) is 67.0 Å². The lowest BCUT2D eigenvalue weighted by atomic mass is 10.2. The van der Waals surface area contributed by atoms with E-state index in [1.165, 1.54) is 0 Å². The Kier molecular flexibility index (Phi) is 4.92. The molecule has 19 heavy (non-hydrogen) atoms. The van der Waals surface area contributed by atoms with Crippen molar-refractivity contribution in [3.63, 3.8) is 0 Å². The molecule has 0 bridgehead atoms. The summed E-state index contributed by atoms with van der Waals surface area (Å²) < 4.78 is 5.14. The molecule has 2 rings (SSSR count). The number of hydrogen-bond donors (Lipinski definition) is 2. The molecule has 5 nitrogen and oxygen atoms in total. The quantitative estimate of drug-likeness (QED) is 0.819. The van der Waals surface area contributed by atoms with Crippen LogP contribution in [-0.2, 0) is 4.74 Å². The predicted molar refractivity (Wildman–Crippen MR) is 77.3 cm³/mol. The maximum atomic E-state index is 11.5. The van der Waals surface area contributed by atoms with Gasteiger partial charge < -0.3 is 9.72 Å². The first kappa shape index (κ1) is 15.0. The second-order valence-corrected chi connectivity index (χ2v) is 4.76. The Hall–Kier alpha value is -2.04. The van der Waals surface area contributed by atoms with Gasteiger partial charge in [0.15, 0.2) is 0 Å². The number of nitrogens with one attached hydrogen (secondary N) is 2. The molecule has 0 saturated carbocycles. The Labute approximate surface area is 113 Å². The lowest BCUT2D eigenvalue weighted by molar-refractivity contribution is 0.0635. The number of anilines is 1. The van der Waals surface area contributed by atoms with E-state index in [-0.39, 0.29) is 0 Å². The van der Waals surface area contributed by atoms with Crippen LogP contribution >= 0.6 is 0 Å². The number of pyridine rings is 1. The van der Waals surface area contributed by atoms with Crippen LogP contribution in [0.2, 0.25) is 0 Å². The third-order valence-corrected chi connectivity index (χ3v) is 2.07. The molecule has 0 saturated heterocycles.